The van der Waals surface area contributed by atoms with Crippen molar-refractivity contribution in [3.05, 3.63) is 75.8 Å². The van der Waals surface area contributed by atoms with Crippen molar-refractivity contribution in [2.24, 2.45) is 4.99 Å². The third kappa shape index (κ3) is 3.03. The Hall–Kier alpha value is -2.31. The van der Waals surface area contributed by atoms with Gasteiger partial charge in [-0.2, -0.15) is 0 Å². The van der Waals surface area contributed by atoms with E-state index < -0.39 is 0 Å². The van der Waals surface area contributed by atoms with Crippen molar-refractivity contribution in [1.29, 1.82) is 0 Å². The van der Waals surface area contributed by atoms with Gasteiger partial charge in [-0.05, 0) is 32.3 Å². The van der Waals surface area contributed by atoms with Crippen LogP contribution in [0.1, 0.15) is 22.8 Å². The normalized spacial score (nSPS) is 13.2. The third-order valence-electron chi connectivity index (χ3n) is 4.14. The van der Waals surface area contributed by atoms with Gasteiger partial charge in [0.05, 0.1) is 17.9 Å². The smallest absolute Gasteiger partial charge is 0.159 e. The van der Waals surface area contributed by atoms with Gasteiger partial charge >= 0.3 is 0 Å². The monoisotopic (exact) mass is 395 g/mol. The second-order valence-electron chi connectivity index (χ2n) is 6.30. The van der Waals surface area contributed by atoms with Crippen LogP contribution in [0, 0.1) is 0 Å². The van der Waals surface area contributed by atoms with Gasteiger partial charge in [0, 0.05) is 15.6 Å². The molecule has 5 nitrogen and oxygen atoms in total. The van der Waals surface area contributed by atoms with Crippen molar-refractivity contribution in [2.45, 2.75) is 13.1 Å². The van der Waals surface area contributed by atoms with Gasteiger partial charge in [-0.3, -0.25) is 9.56 Å². The Morgan fingerprint density at radius 2 is 1.88 bits per heavy atom. The SMILES string of the molecule is CN(C)Cc1nnc2n1-c1ccc(Br)cc1C(c1ccccc1)=NC2. The summed E-state index contributed by atoms with van der Waals surface area (Å²) in [7, 11) is 4.07. The summed E-state index contributed by atoms with van der Waals surface area (Å²) in [5.41, 5.74) is 4.24. The van der Waals surface area contributed by atoms with E-state index in [1.165, 1.54) is 0 Å². The highest BCUT2D eigenvalue weighted by Crippen LogP contribution is 2.28. The third-order valence-corrected chi connectivity index (χ3v) is 4.63. The van der Waals surface area contributed by atoms with Crippen molar-refractivity contribution >= 4 is 21.6 Å². The molecule has 3 aromatic rings. The molecule has 0 fully saturated rings. The van der Waals surface area contributed by atoms with Crippen LogP contribution in [0.2, 0.25) is 0 Å². The Labute approximate surface area is 155 Å². The molecule has 6 heteroatoms. The second kappa shape index (κ2) is 6.54. The Morgan fingerprint density at radius 3 is 2.64 bits per heavy atom. The summed E-state index contributed by atoms with van der Waals surface area (Å²) >= 11 is 3.60. The van der Waals surface area contributed by atoms with Gasteiger partial charge < -0.3 is 4.90 Å². The minimum absolute atomic E-state index is 0.511. The van der Waals surface area contributed by atoms with Crippen LogP contribution >= 0.6 is 15.9 Å². The maximum atomic E-state index is 4.87. The quantitative estimate of drug-likeness (QED) is 0.682. The molecule has 0 aliphatic carbocycles. The first-order valence-corrected chi connectivity index (χ1v) is 8.91. The summed E-state index contributed by atoms with van der Waals surface area (Å²) in [4.78, 5) is 6.97. The average molecular weight is 396 g/mol. The molecule has 2 heterocycles. The summed E-state index contributed by atoms with van der Waals surface area (Å²) in [5.74, 6) is 1.79. The molecule has 0 amide bonds. The van der Waals surface area contributed by atoms with Crippen molar-refractivity contribution in [3.8, 4) is 5.69 Å². The van der Waals surface area contributed by atoms with Crippen molar-refractivity contribution in [3.63, 3.8) is 0 Å². The number of nitrogens with zero attached hydrogens (tertiary/aromatic N) is 5. The van der Waals surface area contributed by atoms with Gasteiger partial charge in [0.1, 0.15) is 6.54 Å². The number of benzene rings is 2. The summed E-state index contributed by atoms with van der Waals surface area (Å²) in [5, 5.41) is 8.78. The van der Waals surface area contributed by atoms with Crippen LogP contribution in [0.5, 0.6) is 0 Å². The summed E-state index contributed by atoms with van der Waals surface area (Å²) in [6.45, 7) is 1.24. The number of aromatic nitrogens is 3. The fraction of sp³-hybridized carbons (Fsp3) is 0.211. The lowest BCUT2D eigenvalue weighted by Crippen LogP contribution is -2.16. The van der Waals surface area contributed by atoms with E-state index in [2.05, 4.69) is 65.9 Å². The van der Waals surface area contributed by atoms with Crippen LogP contribution in [-0.4, -0.2) is 39.5 Å². The Bertz CT molecular complexity index is 944. The van der Waals surface area contributed by atoms with Gasteiger partial charge in [0.25, 0.3) is 0 Å². The van der Waals surface area contributed by atoms with E-state index in [1.807, 2.05) is 32.3 Å². The molecular weight excluding hydrogens is 378 g/mol. The van der Waals surface area contributed by atoms with Crippen LogP contribution < -0.4 is 0 Å². The summed E-state index contributed by atoms with van der Waals surface area (Å²) in [6, 6.07) is 16.6. The predicted octanol–water partition coefficient (Wildman–Crippen LogP) is 3.44. The van der Waals surface area contributed by atoms with E-state index in [9.17, 15) is 0 Å². The first-order chi connectivity index (χ1) is 12.1. The molecule has 25 heavy (non-hydrogen) atoms. The standard InChI is InChI=1S/C19H18BrN5/c1-24(2)12-18-23-22-17-11-21-19(13-6-4-3-5-7-13)15-10-14(20)8-9-16(15)25(17)18/h3-10H,11-12H2,1-2H3. The molecule has 0 atom stereocenters. The van der Waals surface area contributed by atoms with E-state index in [1.54, 1.807) is 0 Å². The van der Waals surface area contributed by atoms with E-state index in [0.717, 1.165) is 45.2 Å². The van der Waals surface area contributed by atoms with E-state index >= 15 is 0 Å². The molecule has 4 rings (SSSR count). The molecule has 1 aliphatic rings. The number of hydrogen-bond acceptors (Lipinski definition) is 4. The molecule has 0 spiro atoms. The molecule has 1 aromatic heterocycles. The molecule has 126 valence electrons. The Balaban J connectivity index is 1.94. The van der Waals surface area contributed by atoms with E-state index in [0.29, 0.717) is 6.54 Å². The van der Waals surface area contributed by atoms with Crippen molar-refractivity contribution < 1.29 is 0 Å². The fourth-order valence-corrected chi connectivity index (χ4v) is 3.45. The number of hydrogen-bond donors (Lipinski definition) is 0. The zero-order valence-corrected chi connectivity index (χ0v) is 15.7. The molecular formula is C19H18BrN5. The van der Waals surface area contributed by atoms with Crippen LogP contribution in [0.25, 0.3) is 5.69 Å². The maximum absolute atomic E-state index is 4.87. The first-order valence-electron chi connectivity index (χ1n) is 8.11. The summed E-state index contributed by atoms with van der Waals surface area (Å²) < 4.78 is 3.17. The fourth-order valence-electron chi connectivity index (χ4n) is 3.09. The lowest BCUT2D eigenvalue weighted by atomic mass is 10.0. The van der Waals surface area contributed by atoms with Crippen molar-refractivity contribution in [2.75, 3.05) is 14.1 Å². The van der Waals surface area contributed by atoms with E-state index in [-0.39, 0.29) is 0 Å². The Morgan fingerprint density at radius 1 is 1.08 bits per heavy atom. The first kappa shape index (κ1) is 16.2. The van der Waals surface area contributed by atoms with Crippen LogP contribution in [0.4, 0.5) is 0 Å². The van der Waals surface area contributed by atoms with Crippen molar-refractivity contribution in [1.82, 2.24) is 19.7 Å². The van der Waals surface area contributed by atoms with Gasteiger partial charge in [0.2, 0.25) is 0 Å². The topological polar surface area (TPSA) is 46.3 Å². The van der Waals surface area contributed by atoms with Crippen LogP contribution in [0.15, 0.2) is 58.0 Å². The highest BCUT2D eigenvalue weighted by Gasteiger charge is 2.23. The number of fused-ring (bicyclic) bond motifs is 3. The lowest BCUT2D eigenvalue weighted by Gasteiger charge is -2.15. The van der Waals surface area contributed by atoms with Gasteiger partial charge in [-0.25, -0.2) is 0 Å². The minimum atomic E-state index is 0.511. The van der Waals surface area contributed by atoms with Gasteiger partial charge in [0.15, 0.2) is 11.6 Å². The molecule has 0 radical (unpaired) electrons. The van der Waals surface area contributed by atoms with Crippen LogP contribution in [0.3, 0.4) is 0 Å². The highest BCUT2D eigenvalue weighted by atomic mass is 79.9. The number of halogens is 1. The molecule has 0 saturated heterocycles. The largest absolute Gasteiger partial charge is 0.302 e. The van der Waals surface area contributed by atoms with Crippen LogP contribution in [-0.2, 0) is 13.1 Å². The highest BCUT2D eigenvalue weighted by molar-refractivity contribution is 9.10. The average Bonchev–Trinajstić information content (AvgIpc) is 2.90. The number of aliphatic imine (C=N–C) groups is 1. The summed E-state index contributed by atoms with van der Waals surface area (Å²) in [6.07, 6.45) is 0. The minimum Gasteiger partial charge on any atom is -0.302 e. The molecule has 0 saturated carbocycles. The lowest BCUT2D eigenvalue weighted by molar-refractivity contribution is 0.387. The predicted molar refractivity (Wildman–Crippen MR) is 102 cm³/mol. The molecule has 2 aromatic carbocycles. The Kier molecular flexibility index (Phi) is 4.23. The van der Waals surface area contributed by atoms with Gasteiger partial charge in [-0.1, -0.05) is 46.3 Å². The van der Waals surface area contributed by atoms with Gasteiger partial charge in [-0.15, -0.1) is 10.2 Å². The number of rotatable bonds is 3. The molecule has 0 unspecified atom stereocenters. The zero-order chi connectivity index (χ0) is 17.4. The maximum Gasteiger partial charge on any atom is 0.159 e. The van der Waals surface area contributed by atoms with E-state index in [4.69, 9.17) is 4.99 Å². The molecule has 0 bridgehead atoms. The molecule has 0 N–H and O–H groups in total. The second-order valence-corrected chi connectivity index (χ2v) is 7.21. The zero-order valence-electron chi connectivity index (χ0n) is 14.1. The molecule has 1 aliphatic heterocycles.